The van der Waals surface area contributed by atoms with Crippen LogP contribution in [0.5, 0.6) is 0 Å². The number of rotatable bonds is 9. The summed E-state index contributed by atoms with van der Waals surface area (Å²) in [5, 5.41) is 6.29. The van der Waals surface area contributed by atoms with E-state index in [1.54, 1.807) is 7.11 Å². The van der Waals surface area contributed by atoms with Gasteiger partial charge in [-0.3, -0.25) is 4.79 Å². The van der Waals surface area contributed by atoms with Crippen LogP contribution >= 0.6 is 0 Å². The van der Waals surface area contributed by atoms with Crippen molar-refractivity contribution in [2.45, 2.75) is 33.2 Å². The predicted octanol–water partition coefficient (Wildman–Crippen LogP) is 2.80. The number of carbonyl (C=O) groups excluding carboxylic acids is 1. The summed E-state index contributed by atoms with van der Waals surface area (Å²) in [4.78, 5) is 11.9. The lowest BCUT2D eigenvalue weighted by Crippen LogP contribution is -2.18. The largest absolute Gasteiger partial charge is 0.384 e. The molecule has 0 bridgehead atoms. The van der Waals surface area contributed by atoms with E-state index in [0.717, 1.165) is 25.2 Å². The summed E-state index contributed by atoms with van der Waals surface area (Å²) in [5.41, 5.74) is 2.04. The minimum absolute atomic E-state index is 0.0354. The van der Waals surface area contributed by atoms with Crippen LogP contribution in [0.1, 0.15) is 32.3 Å². The molecule has 0 radical (unpaired) electrons. The highest BCUT2D eigenvalue weighted by Crippen LogP contribution is 2.12. The van der Waals surface area contributed by atoms with Gasteiger partial charge in [-0.05, 0) is 36.6 Å². The first-order chi connectivity index (χ1) is 9.65. The van der Waals surface area contributed by atoms with Gasteiger partial charge in [0.1, 0.15) is 0 Å². The zero-order valence-electron chi connectivity index (χ0n) is 12.7. The third-order valence-electron chi connectivity index (χ3n) is 2.95. The molecule has 1 rings (SSSR count). The van der Waals surface area contributed by atoms with Gasteiger partial charge in [-0.1, -0.05) is 26.0 Å². The molecule has 1 aromatic carbocycles. The van der Waals surface area contributed by atoms with Crippen LogP contribution in [0.2, 0.25) is 0 Å². The van der Waals surface area contributed by atoms with Gasteiger partial charge in [-0.25, -0.2) is 0 Å². The number of methoxy groups -OCH3 is 1. The molecule has 0 fully saturated rings. The molecule has 4 nitrogen and oxygen atoms in total. The molecule has 0 aromatic heterocycles. The van der Waals surface area contributed by atoms with Crippen LogP contribution in [0.3, 0.4) is 0 Å². The summed E-state index contributed by atoms with van der Waals surface area (Å²) in [7, 11) is 1.65. The number of nitrogens with one attached hydrogen (secondary N) is 2. The second-order valence-corrected chi connectivity index (χ2v) is 5.19. The molecule has 112 valence electrons. The van der Waals surface area contributed by atoms with Crippen molar-refractivity contribution in [1.29, 1.82) is 0 Å². The maximum absolute atomic E-state index is 11.9. The number of hydrogen-bond acceptors (Lipinski definition) is 3. The summed E-state index contributed by atoms with van der Waals surface area (Å²) < 4.78 is 5.04. The van der Waals surface area contributed by atoms with E-state index in [2.05, 4.69) is 23.6 Å². The Kier molecular flexibility index (Phi) is 7.92. The maximum atomic E-state index is 11.9. The summed E-state index contributed by atoms with van der Waals surface area (Å²) in [6.07, 6.45) is 1.60. The second-order valence-electron chi connectivity index (χ2n) is 5.19. The van der Waals surface area contributed by atoms with E-state index in [1.807, 2.05) is 25.1 Å². The molecule has 0 aliphatic rings. The summed E-state index contributed by atoms with van der Waals surface area (Å²) in [6, 6.07) is 7.97. The molecule has 2 N–H and O–H groups in total. The lowest BCUT2D eigenvalue weighted by Gasteiger charge is -2.11. The molecule has 0 saturated heterocycles. The van der Waals surface area contributed by atoms with Gasteiger partial charge in [0.15, 0.2) is 0 Å². The van der Waals surface area contributed by atoms with Crippen molar-refractivity contribution >= 4 is 11.6 Å². The van der Waals surface area contributed by atoms with E-state index in [4.69, 9.17) is 4.74 Å². The van der Waals surface area contributed by atoms with E-state index in [9.17, 15) is 4.79 Å². The van der Waals surface area contributed by atoms with Crippen LogP contribution in [0.15, 0.2) is 24.3 Å². The molecule has 0 aliphatic carbocycles. The molecule has 1 atom stereocenters. The number of ether oxygens (including phenoxy) is 1. The Balaban J connectivity index is 2.46. The Morgan fingerprint density at radius 2 is 2.20 bits per heavy atom. The molecule has 20 heavy (non-hydrogen) atoms. The fourth-order valence-electron chi connectivity index (χ4n) is 2.04. The second kappa shape index (κ2) is 9.50. The zero-order valence-corrected chi connectivity index (χ0v) is 12.7. The van der Waals surface area contributed by atoms with E-state index in [1.165, 1.54) is 5.56 Å². The number of hydrogen-bond donors (Lipinski definition) is 2. The first-order valence-corrected chi connectivity index (χ1v) is 7.24. The normalized spacial score (nSPS) is 12.2. The van der Waals surface area contributed by atoms with Crippen LogP contribution in [0, 0.1) is 5.92 Å². The van der Waals surface area contributed by atoms with Crippen molar-refractivity contribution < 1.29 is 9.53 Å². The van der Waals surface area contributed by atoms with Gasteiger partial charge in [0.25, 0.3) is 0 Å². The topological polar surface area (TPSA) is 50.4 Å². The van der Waals surface area contributed by atoms with Crippen molar-refractivity contribution in [3.05, 3.63) is 29.8 Å². The molecule has 4 heteroatoms. The van der Waals surface area contributed by atoms with Crippen molar-refractivity contribution in [3.8, 4) is 0 Å². The van der Waals surface area contributed by atoms with Crippen molar-refractivity contribution in [1.82, 2.24) is 5.32 Å². The summed E-state index contributed by atoms with van der Waals surface area (Å²) in [6.45, 7) is 6.59. The number of anilines is 1. The van der Waals surface area contributed by atoms with Gasteiger partial charge in [0.2, 0.25) is 5.91 Å². The van der Waals surface area contributed by atoms with Gasteiger partial charge in [0, 0.05) is 32.4 Å². The highest BCUT2D eigenvalue weighted by Gasteiger charge is 2.09. The Morgan fingerprint density at radius 1 is 1.40 bits per heavy atom. The van der Waals surface area contributed by atoms with Crippen LogP contribution in [-0.2, 0) is 16.1 Å². The molecule has 0 aliphatic heterocycles. The minimum Gasteiger partial charge on any atom is -0.384 e. The first-order valence-electron chi connectivity index (χ1n) is 7.24. The molecule has 1 aromatic rings. The summed E-state index contributed by atoms with van der Waals surface area (Å²) in [5.74, 6) is 0.266. The average Bonchev–Trinajstić information content (AvgIpc) is 2.39. The van der Waals surface area contributed by atoms with E-state index >= 15 is 0 Å². The monoisotopic (exact) mass is 278 g/mol. The Labute approximate surface area is 121 Å². The Morgan fingerprint density at radius 3 is 2.90 bits per heavy atom. The molecule has 1 amide bonds. The van der Waals surface area contributed by atoms with Gasteiger partial charge < -0.3 is 15.4 Å². The number of carbonyl (C=O) groups is 1. The first kappa shape index (κ1) is 16.7. The quantitative estimate of drug-likeness (QED) is 0.683. The minimum atomic E-state index is 0.0354. The average molecular weight is 278 g/mol. The van der Waals surface area contributed by atoms with E-state index in [-0.39, 0.29) is 11.8 Å². The van der Waals surface area contributed by atoms with E-state index < -0.39 is 0 Å². The maximum Gasteiger partial charge on any atom is 0.224 e. The highest BCUT2D eigenvalue weighted by atomic mass is 16.5. The standard InChI is InChI=1S/C16H26N2O2/c1-4-8-17-11-14-6-5-7-15(10-14)18-16(19)9-13(2)12-20-3/h5-7,10,13,17H,4,8-9,11-12H2,1-3H3,(H,18,19). The van der Waals surface area contributed by atoms with Gasteiger partial charge in [-0.2, -0.15) is 0 Å². The lowest BCUT2D eigenvalue weighted by atomic mass is 10.1. The molecule has 0 spiro atoms. The summed E-state index contributed by atoms with van der Waals surface area (Å²) >= 11 is 0. The van der Waals surface area contributed by atoms with Crippen molar-refractivity contribution in [3.63, 3.8) is 0 Å². The molecule has 0 saturated carbocycles. The smallest absolute Gasteiger partial charge is 0.224 e. The van der Waals surface area contributed by atoms with Gasteiger partial charge in [-0.15, -0.1) is 0 Å². The predicted molar refractivity (Wildman–Crippen MR) is 82.7 cm³/mol. The SMILES string of the molecule is CCCNCc1cccc(NC(=O)CC(C)COC)c1. The molecular formula is C16H26N2O2. The fourth-order valence-corrected chi connectivity index (χ4v) is 2.04. The van der Waals surface area contributed by atoms with Crippen LogP contribution < -0.4 is 10.6 Å². The number of benzene rings is 1. The van der Waals surface area contributed by atoms with Crippen LogP contribution in [0.25, 0.3) is 0 Å². The van der Waals surface area contributed by atoms with Gasteiger partial charge >= 0.3 is 0 Å². The van der Waals surface area contributed by atoms with E-state index in [0.29, 0.717) is 13.0 Å². The third-order valence-corrected chi connectivity index (χ3v) is 2.95. The Bertz CT molecular complexity index is 407. The zero-order chi connectivity index (χ0) is 14.8. The lowest BCUT2D eigenvalue weighted by molar-refractivity contribution is -0.117. The fraction of sp³-hybridized carbons (Fsp3) is 0.562. The molecule has 1 unspecified atom stereocenters. The molecular weight excluding hydrogens is 252 g/mol. The molecule has 0 heterocycles. The van der Waals surface area contributed by atoms with Gasteiger partial charge in [0.05, 0.1) is 0 Å². The van der Waals surface area contributed by atoms with Crippen LogP contribution in [-0.4, -0.2) is 26.2 Å². The number of amides is 1. The highest BCUT2D eigenvalue weighted by molar-refractivity contribution is 5.90. The van der Waals surface area contributed by atoms with Crippen molar-refractivity contribution in [2.24, 2.45) is 5.92 Å². The van der Waals surface area contributed by atoms with Crippen molar-refractivity contribution in [2.75, 3.05) is 25.6 Å². The third kappa shape index (κ3) is 6.68. The van der Waals surface area contributed by atoms with Crippen LogP contribution in [0.4, 0.5) is 5.69 Å². The Hall–Kier alpha value is -1.39.